The summed E-state index contributed by atoms with van der Waals surface area (Å²) in [6, 6.07) is 11.9. The number of benzene rings is 2. The largest absolute Gasteiger partial charge is 0.508 e. The highest BCUT2D eigenvalue weighted by Gasteiger charge is 2.12. The van der Waals surface area contributed by atoms with E-state index in [9.17, 15) is 19.5 Å². The normalized spacial score (nSPS) is 10.5. The second-order valence-electron chi connectivity index (χ2n) is 5.61. The summed E-state index contributed by atoms with van der Waals surface area (Å²) >= 11 is 0. The van der Waals surface area contributed by atoms with Crippen molar-refractivity contribution in [3.8, 4) is 5.75 Å². The minimum absolute atomic E-state index is 0.0456. The van der Waals surface area contributed by atoms with Gasteiger partial charge in [0.05, 0.1) is 5.56 Å². The molecule has 0 unspecified atom stereocenters. The molecule has 26 heavy (non-hydrogen) atoms. The zero-order chi connectivity index (χ0) is 18.7. The van der Waals surface area contributed by atoms with Gasteiger partial charge in [-0.15, -0.1) is 0 Å². The van der Waals surface area contributed by atoms with Crippen molar-refractivity contribution in [3.05, 3.63) is 70.1 Å². The van der Waals surface area contributed by atoms with Gasteiger partial charge in [0.15, 0.2) is 0 Å². The van der Waals surface area contributed by atoms with Crippen LogP contribution in [0.4, 0.5) is 5.69 Å². The number of rotatable bonds is 4. The molecule has 0 aliphatic rings. The Morgan fingerprint density at radius 2 is 1.96 bits per heavy atom. The minimum Gasteiger partial charge on any atom is -0.508 e. The zero-order valence-electron chi connectivity index (χ0n) is 13.8. The van der Waals surface area contributed by atoms with Crippen molar-refractivity contribution in [3.63, 3.8) is 0 Å². The number of ether oxygens (including phenoxy) is 1. The topological polar surface area (TPSA) is 106 Å². The third kappa shape index (κ3) is 3.89. The molecular weight excluding hydrogens is 338 g/mol. The van der Waals surface area contributed by atoms with Crippen molar-refractivity contribution < 1.29 is 23.8 Å². The Kier molecular flexibility index (Phi) is 4.70. The second kappa shape index (κ2) is 7.10. The van der Waals surface area contributed by atoms with E-state index in [2.05, 4.69) is 5.32 Å². The number of nitrogens with one attached hydrogen (secondary N) is 1. The van der Waals surface area contributed by atoms with E-state index in [1.165, 1.54) is 43.3 Å². The molecule has 0 spiro atoms. The van der Waals surface area contributed by atoms with E-state index in [1.54, 1.807) is 12.1 Å². The second-order valence-corrected chi connectivity index (χ2v) is 5.61. The molecule has 2 aromatic carbocycles. The predicted molar refractivity (Wildman–Crippen MR) is 94.0 cm³/mol. The summed E-state index contributed by atoms with van der Waals surface area (Å²) in [4.78, 5) is 35.0. The summed E-state index contributed by atoms with van der Waals surface area (Å²) in [5, 5.41) is 12.6. The first-order chi connectivity index (χ1) is 12.4. The molecule has 3 aromatic rings. The maximum absolute atomic E-state index is 12.1. The molecule has 0 saturated heterocycles. The Hall–Kier alpha value is -3.61. The standard InChI is InChI=1S/C19H15NO6/c1-11(21)20-14-5-6-16-13(8-18(23)26-17(16)9-14)10-25-19(24)12-3-2-4-15(22)7-12/h2-9,22H,10H2,1H3,(H,20,21). The van der Waals surface area contributed by atoms with Gasteiger partial charge in [0.25, 0.3) is 0 Å². The monoisotopic (exact) mass is 353 g/mol. The molecule has 1 heterocycles. The highest BCUT2D eigenvalue weighted by molar-refractivity contribution is 5.92. The molecule has 0 saturated carbocycles. The number of hydrogen-bond acceptors (Lipinski definition) is 6. The summed E-state index contributed by atoms with van der Waals surface area (Å²) < 4.78 is 10.4. The summed E-state index contributed by atoms with van der Waals surface area (Å²) in [5.74, 6) is -0.921. The molecule has 1 aromatic heterocycles. The van der Waals surface area contributed by atoms with Crippen LogP contribution < -0.4 is 10.9 Å². The minimum atomic E-state index is -0.628. The molecule has 0 aliphatic heterocycles. The number of esters is 1. The lowest BCUT2D eigenvalue weighted by Gasteiger charge is -2.09. The van der Waals surface area contributed by atoms with Crippen molar-refractivity contribution >= 4 is 28.5 Å². The fourth-order valence-electron chi connectivity index (χ4n) is 2.49. The Balaban J connectivity index is 1.86. The summed E-state index contributed by atoms with van der Waals surface area (Å²) in [6.45, 7) is 1.23. The Bertz CT molecular complexity index is 1050. The predicted octanol–water partition coefficient (Wildman–Crippen LogP) is 2.81. The SMILES string of the molecule is CC(=O)Nc1ccc2c(COC(=O)c3cccc(O)c3)cc(=O)oc2c1. The van der Waals surface area contributed by atoms with Crippen LogP contribution in [0.1, 0.15) is 22.8 Å². The average molecular weight is 353 g/mol. The van der Waals surface area contributed by atoms with Crippen LogP contribution in [0.5, 0.6) is 5.75 Å². The highest BCUT2D eigenvalue weighted by Crippen LogP contribution is 2.22. The molecule has 0 atom stereocenters. The van der Waals surface area contributed by atoms with Crippen molar-refractivity contribution in [2.24, 2.45) is 0 Å². The van der Waals surface area contributed by atoms with Crippen LogP contribution in [0.3, 0.4) is 0 Å². The number of amides is 1. The first-order valence-corrected chi connectivity index (χ1v) is 7.73. The average Bonchev–Trinajstić information content (AvgIpc) is 2.58. The molecule has 1 amide bonds. The number of phenols is 1. The van der Waals surface area contributed by atoms with E-state index < -0.39 is 11.6 Å². The molecule has 3 rings (SSSR count). The van der Waals surface area contributed by atoms with Crippen LogP contribution in [0.2, 0.25) is 0 Å². The van der Waals surface area contributed by atoms with Crippen LogP contribution >= 0.6 is 0 Å². The first-order valence-electron chi connectivity index (χ1n) is 7.73. The maximum atomic E-state index is 12.1. The lowest BCUT2D eigenvalue weighted by molar-refractivity contribution is -0.114. The van der Waals surface area contributed by atoms with Gasteiger partial charge in [0.1, 0.15) is 17.9 Å². The van der Waals surface area contributed by atoms with Crippen molar-refractivity contribution in [2.75, 3.05) is 5.32 Å². The van der Waals surface area contributed by atoms with Gasteiger partial charge in [-0.3, -0.25) is 4.79 Å². The first kappa shape index (κ1) is 17.2. The number of phenolic OH excluding ortho intramolecular Hbond substituents is 1. The van der Waals surface area contributed by atoms with Gasteiger partial charge in [-0.1, -0.05) is 6.07 Å². The van der Waals surface area contributed by atoms with Crippen LogP contribution in [0.15, 0.2) is 57.7 Å². The van der Waals surface area contributed by atoms with Crippen LogP contribution in [0, 0.1) is 0 Å². The number of carbonyl (C=O) groups is 2. The zero-order valence-corrected chi connectivity index (χ0v) is 13.8. The Morgan fingerprint density at radius 1 is 1.15 bits per heavy atom. The van der Waals surface area contributed by atoms with Crippen molar-refractivity contribution in [1.82, 2.24) is 0 Å². The van der Waals surface area contributed by atoms with Gasteiger partial charge in [-0.2, -0.15) is 0 Å². The Morgan fingerprint density at radius 3 is 2.69 bits per heavy atom. The fourth-order valence-corrected chi connectivity index (χ4v) is 2.49. The van der Waals surface area contributed by atoms with Gasteiger partial charge in [0.2, 0.25) is 5.91 Å². The van der Waals surface area contributed by atoms with Crippen LogP contribution in [-0.2, 0) is 16.1 Å². The number of anilines is 1. The fraction of sp³-hybridized carbons (Fsp3) is 0.105. The van der Waals surface area contributed by atoms with Gasteiger partial charge in [0, 0.05) is 35.7 Å². The van der Waals surface area contributed by atoms with Gasteiger partial charge in [-0.05, 0) is 30.3 Å². The Labute approximate surface area is 147 Å². The van der Waals surface area contributed by atoms with Crippen molar-refractivity contribution in [2.45, 2.75) is 13.5 Å². The number of hydrogen-bond donors (Lipinski definition) is 2. The maximum Gasteiger partial charge on any atom is 0.338 e. The quantitative estimate of drug-likeness (QED) is 0.552. The molecule has 0 fully saturated rings. The molecule has 7 heteroatoms. The summed E-state index contributed by atoms with van der Waals surface area (Å²) in [7, 11) is 0. The highest BCUT2D eigenvalue weighted by atomic mass is 16.5. The molecule has 0 radical (unpaired) electrons. The van der Waals surface area contributed by atoms with E-state index in [0.29, 0.717) is 16.6 Å². The molecule has 0 aliphatic carbocycles. The van der Waals surface area contributed by atoms with Gasteiger partial charge >= 0.3 is 11.6 Å². The lowest BCUT2D eigenvalue weighted by Crippen LogP contribution is -2.08. The van der Waals surface area contributed by atoms with Crippen molar-refractivity contribution in [1.29, 1.82) is 0 Å². The number of aromatic hydroxyl groups is 1. The number of fused-ring (bicyclic) bond motifs is 1. The van der Waals surface area contributed by atoms with E-state index in [-0.39, 0.29) is 29.4 Å². The molecule has 132 valence electrons. The molecule has 2 N–H and O–H groups in total. The van der Waals surface area contributed by atoms with E-state index in [1.807, 2.05) is 0 Å². The summed E-state index contributed by atoms with van der Waals surface area (Å²) in [5.41, 5.74) is 0.833. The third-order valence-electron chi connectivity index (χ3n) is 3.59. The smallest absolute Gasteiger partial charge is 0.338 e. The van der Waals surface area contributed by atoms with E-state index in [0.717, 1.165) is 0 Å². The van der Waals surface area contributed by atoms with Crippen LogP contribution in [-0.4, -0.2) is 17.0 Å². The number of carbonyl (C=O) groups excluding carboxylic acids is 2. The summed E-state index contributed by atoms with van der Waals surface area (Å²) in [6.07, 6.45) is 0. The van der Waals surface area contributed by atoms with Gasteiger partial charge in [-0.25, -0.2) is 9.59 Å². The van der Waals surface area contributed by atoms with E-state index in [4.69, 9.17) is 9.15 Å². The lowest BCUT2D eigenvalue weighted by atomic mass is 10.1. The molecule has 0 bridgehead atoms. The molecule has 7 nitrogen and oxygen atoms in total. The van der Waals surface area contributed by atoms with Gasteiger partial charge < -0.3 is 19.6 Å². The van der Waals surface area contributed by atoms with E-state index >= 15 is 0 Å². The molecular formula is C19H15NO6. The third-order valence-corrected chi connectivity index (χ3v) is 3.59. The van der Waals surface area contributed by atoms with Crippen LogP contribution in [0.25, 0.3) is 11.0 Å².